The highest BCUT2D eigenvalue weighted by atomic mass is 16.3. The maximum atomic E-state index is 8.91. The third-order valence-electron chi connectivity index (χ3n) is 1.43. The van der Waals surface area contributed by atoms with Gasteiger partial charge < -0.3 is 15.4 Å². The summed E-state index contributed by atoms with van der Waals surface area (Å²) in [5.41, 5.74) is 1.21. The van der Waals surface area contributed by atoms with E-state index < -0.39 is 0 Å². The number of aromatic nitrogens is 1. The molecule has 62 valence electrons. The van der Waals surface area contributed by atoms with Crippen molar-refractivity contribution in [3.05, 3.63) is 24.0 Å². The molecule has 0 aliphatic heterocycles. The number of aromatic amines is 1. The van der Waals surface area contributed by atoms with Gasteiger partial charge in [-0.05, 0) is 18.6 Å². The monoisotopic (exact) mass is 154 g/mol. The van der Waals surface area contributed by atoms with Crippen LogP contribution >= 0.6 is 0 Å². The highest BCUT2D eigenvalue weighted by Crippen LogP contribution is 1.94. The molecule has 1 aromatic heterocycles. The minimum atomic E-state index is -0.269. The van der Waals surface area contributed by atoms with E-state index in [9.17, 15) is 0 Å². The highest BCUT2D eigenvalue weighted by Gasteiger charge is 1.94. The Hall–Kier alpha value is -0.800. The third kappa shape index (κ3) is 3.20. The standard InChI is InChI=1S/C8H14N2O/c1-7(11)4-10-6-8-2-3-9-5-8/h2-3,5,7,9-11H,4,6H2,1H3/t7-/m1/s1. The summed E-state index contributed by atoms with van der Waals surface area (Å²) in [7, 11) is 0. The number of hydrogen-bond acceptors (Lipinski definition) is 2. The molecule has 0 saturated heterocycles. The maximum Gasteiger partial charge on any atom is 0.0636 e. The van der Waals surface area contributed by atoms with Crippen LogP contribution in [0.2, 0.25) is 0 Å². The first-order chi connectivity index (χ1) is 5.29. The largest absolute Gasteiger partial charge is 0.392 e. The van der Waals surface area contributed by atoms with E-state index in [1.54, 1.807) is 6.92 Å². The summed E-state index contributed by atoms with van der Waals surface area (Å²) in [4.78, 5) is 2.97. The van der Waals surface area contributed by atoms with Crippen LogP contribution in [0.25, 0.3) is 0 Å². The molecule has 0 spiro atoms. The lowest BCUT2D eigenvalue weighted by molar-refractivity contribution is 0.191. The van der Waals surface area contributed by atoms with Gasteiger partial charge in [-0.15, -0.1) is 0 Å². The zero-order valence-corrected chi connectivity index (χ0v) is 6.67. The summed E-state index contributed by atoms with van der Waals surface area (Å²) in [6.45, 7) is 3.23. The quantitative estimate of drug-likeness (QED) is 0.591. The van der Waals surface area contributed by atoms with Gasteiger partial charge in [0.05, 0.1) is 6.10 Å². The molecule has 0 aliphatic rings. The summed E-state index contributed by atoms with van der Waals surface area (Å²) in [6.07, 6.45) is 3.56. The average molecular weight is 154 g/mol. The minimum Gasteiger partial charge on any atom is -0.392 e. The van der Waals surface area contributed by atoms with Gasteiger partial charge >= 0.3 is 0 Å². The van der Waals surface area contributed by atoms with Crippen molar-refractivity contribution in [3.63, 3.8) is 0 Å². The van der Waals surface area contributed by atoms with Crippen molar-refractivity contribution >= 4 is 0 Å². The summed E-state index contributed by atoms with van der Waals surface area (Å²) in [5.74, 6) is 0. The lowest BCUT2D eigenvalue weighted by Gasteiger charge is -2.04. The second kappa shape index (κ2) is 4.16. The molecule has 0 aliphatic carbocycles. The van der Waals surface area contributed by atoms with E-state index in [1.807, 2.05) is 18.5 Å². The van der Waals surface area contributed by atoms with Gasteiger partial charge in [-0.2, -0.15) is 0 Å². The molecule has 1 rings (SSSR count). The summed E-state index contributed by atoms with van der Waals surface area (Å²) < 4.78 is 0. The normalized spacial score (nSPS) is 13.3. The van der Waals surface area contributed by atoms with Gasteiger partial charge in [-0.25, -0.2) is 0 Å². The van der Waals surface area contributed by atoms with Gasteiger partial charge in [0, 0.05) is 25.5 Å². The van der Waals surface area contributed by atoms with Crippen LogP contribution in [-0.4, -0.2) is 22.7 Å². The molecule has 0 saturated carbocycles. The van der Waals surface area contributed by atoms with Gasteiger partial charge in [0.2, 0.25) is 0 Å². The van der Waals surface area contributed by atoms with Crippen molar-refractivity contribution in [3.8, 4) is 0 Å². The molecule has 11 heavy (non-hydrogen) atoms. The van der Waals surface area contributed by atoms with E-state index in [4.69, 9.17) is 5.11 Å². The molecule has 0 unspecified atom stereocenters. The van der Waals surface area contributed by atoms with Gasteiger partial charge in [-0.1, -0.05) is 0 Å². The molecule has 1 aromatic rings. The number of aliphatic hydroxyl groups is 1. The first-order valence-corrected chi connectivity index (χ1v) is 3.79. The Bertz CT molecular complexity index is 182. The Kier molecular flexibility index (Phi) is 3.14. The number of aliphatic hydroxyl groups excluding tert-OH is 1. The van der Waals surface area contributed by atoms with Crippen LogP contribution in [0.5, 0.6) is 0 Å². The van der Waals surface area contributed by atoms with Crippen molar-refractivity contribution in [2.75, 3.05) is 6.54 Å². The Morgan fingerprint density at radius 3 is 3.09 bits per heavy atom. The molecule has 1 heterocycles. The zero-order valence-electron chi connectivity index (χ0n) is 6.67. The van der Waals surface area contributed by atoms with Gasteiger partial charge in [0.1, 0.15) is 0 Å². The summed E-state index contributed by atoms with van der Waals surface area (Å²) >= 11 is 0. The van der Waals surface area contributed by atoms with Crippen molar-refractivity contribution < 1.29 is 5.11 Å². The number of nitrogens with one attached hydrogen (secondary N) is 2. The van der Waals surface area contributed by atoms with E-state index in [-0.39, 0.29) is 6.10 Å². The fourth-order valence-electron chi connectivity index (χ4n) is 0.894. The minimum absolute atomic E-state index is 0.269. The number of hydrogen-bond donors (Lipinski definition) is 3. The van der Waals surface area contributed by atoms with E-state index in [0.717, 1.165) is 6.54 Å². The lowest BCUT2D eigenvalue weighted by Crippen LogP contribution is -2.23. The molecule has 0 fully saturated rings. The summed E-state index contributed by atoms with van der Waals surface area (Å²) in [5, 5.41) is 12.0. The topological polar surface area (TPSA) is 48.0 Å². The molecule has 0 amide bonds. The van der Waals surface area contributed by atoms with E-state index in [0.29, 0.717) is 6.54 Å². The Morgan fingerprint density at radius 2 is 2.55 bits per heavy atom. The second-order valence-electron chi connectivity index (χ2n) is 2.70. The molecule has 0 radical (unpaired) electrons. The van der Waals surface area contributed by atoms with E-state index >= 15 is 0 Å². The van der Waals surface area contributed by atoms with Gasteiger partial charge in [-0.3, -0.25) is 0 Å². The Morgan fingerprint density at radius 1 is 1.73 bits per heavy atom. The van der Waals surface area contributed by atoms with Crippen LogP contribution in [0.1, 0.15) is 12.5 Å². The fourth-order valence-corrected chi connectivity index (χ4v) is 0.894. The number of rotatable bonds is 4. The van der Waals surface area contributed by atoms with Crippen LogP contribution in [0.3, 0.4) is 0 Å². The van der Waals surface area contributed by atoms with Gasteiger partial charge in [0.15, 0.2) is 0 Å². The molecule has 3 heteroatoms. The SMILES string of the molecule is C[C@@H](O)CNCc1cc[nH]c1. The Balaban J connectivity index is 2.14. The van der Waals surface area contributed by atoms with Crippen LogP contribution in [-0.2, 0) is 6.54 Å². The predicted molar refractivity (Wildman–Crippen MR) is 44.2 cm³/mol. The van der Waals surface area contributed by atoms with Crippen LogP contribution < -0.4 is 5.32 Å². The highest BCUT2D eigenvalue weighted by molar-refractivity contribution is 5.07. The van der Waals surface area contributed by atoms with E-state index in [2.05, 4.69) is 10.3 Å². The molecular weight excluding hydrogens is 140 g/mol. The smallest absolute Gasteiger partial charge is 0.0636 e. The fraction of sp³-hybridized carbons (Fsp3) is 0.500. The molecule has 1 atom stereocenters. The molecule has 0 bridgehead atoms. The second-order valence-corrected chi connectivity index (χ2v) is 2.70. The predicted octanol–water partition coefficient (Wildman–Crippen LogP) is 0.485. The van der Waals surface area contributed by atoms with E-state index in [1.165, 1.54) is 5.56 Å². The molecule has 3 nitrogen and oxygen atoms in total. The Labute approximate surface area is 66.4 Å². The lowest BCUT2D eigenvalue weighted by atomic mass is 10.3. The first kappa shape index (κ1) is 8.30. The molecule has 3 N–H and O–H groups in total. The van der Waals surface area contributed by atoms with Crippen LogP contribution in [0, 0.1) is 0 Å². The first-order valence-electron chi connectivity index (χ1n) is 3.79. The van der Waals surface area contributed by atoms with Gasteiger partial charge in [0.25, 0.3) is 0 Å². The molecule has 0 aromatic carbocycles. The van der Waals surface area contributed by atoms with Crippen molar-refractivity contribution in [1.29, 1.82) is 0 Å². The van der Waals surface area contributed by atoms with Crippen molar-refractivity contribution in [1.82, 2.24) is 10.3 Å². The third-order valence-corrected chi connectivity index (χ3v) is 1.43. The maximum absolute atomic E-state index is 8.91. The molecular formula is C8H14N2O. The number of H-pyrrole nitrogens is 1. The average Bonchev–Trinajstić information content (AvgIpc) is 2.39. The van der Waals surface area contributed by atoms with Crippen molar-refractivity contribution in [2.24, 2.45) is 0 Å². The van der Waals surface area contributed by atoms with Crippen molar-refractivity contribution in [2.45, 2.75) is 19.6 Å². The zero-order chi connectivity index (χ0) is 8.10. The summed E-state index contributed by atoms with van der Waals surface area (Å²) in [6, 6.07) is 2.01. The van der Waals surface area contributed by atoms with Crippen LogP contribution in [0.4, 0.5) is 0 Å². The van der Waals surface area contributed by atoms with Crippen LogP contribution in [0.15, 0.2) is 18.5 Å².